The Balaban J connectivity index is 1.45. The highest BCUT2D eigenvalue weighted by Crippen LogP contribution is 2.52. The summed E-state index contributed by atoms with van der Waals surface area (Å²) >= 11 is 0. The van der Waals surface area contributed by atoms with Crippen molar-refractivity contribution >= 4 is 5.91 Å². The zero-order chi connectivity index (χ0) is 24.8. The number of benzene rings is 1. The third-order valence-electron chi connectivity index (χ3n) is 6.95. The molecule has 1 aromatic carbocycles. The van der Waals surface area contributed by atoms with Crippen LogP contribution in [0.15, 0.2) is 55.0 Å². The van der Waals surface area contributed by atoms with Gasteiger partial charge in [-0.2, -0.15) is 28.2 Å². The van der Waals surface area contributed by atoms with Crippen LogP contribution in [0.25, 0.3) is 5.69 Å². The van der Waals surface area contributed by atoms with E-state index in [0.717, 1.165) is 18.7 Å². The molecule has 1 aliphatic heterocycles. The normalized spacial score (nSPS) is 24.5. The molecule has 5 rings (SSSR count). The van der Waals surface area contributed by atoms with Crippen molar-refractivity contribution in [2.45, 2.75) is 50.0 Å². The molecule has 1 amide bonds. The molecule has 0 radical (unpaired) electrons. The lowest BCUT2D eigenvalue weighted by atomic mass is 9.91. The van der Waals surface area contributed by atoms with Crippen LogP contribution in [-0.2, 0) is 6.18 Å². The number of ether oxygens (including phenoxy) is 1. The molecule has 4 unspecified atom stereocenters. The molecular formula is C24H24F3N5O3. The van der Waals surface area contributed by atoms with Crippen LogP contribution in [0.3, 0.4) is 0 Å². The summed E-state index contributed by atoms with van der Waals surface area (Å²) in [6.45, 7) is 1.72. The number of rotatable bonds is 6. The van der Waals surface area contributed by atoms with Crippen molar-refractivity contribution in [1.29, 1.82) is 0 Å². The van der Waals surface area contributed by atoms with Crippen LogP contribution in [0, 0.1) is 5.92 Å². The van der Waals surface area contributed by atoms with Gasteiger partial charge >= 0.3 is 6.18 Å². The number of aliphatic hydroxyl groups excluding tert-OH is 1. The van der Waals surface area contributed by atoms with Gasteiger partial charge in [-0.15, -0.1) is 0 Å². The standard InChI is InChI=1S/C24H24F3N5O3/c1-15(33)21-16-8-9-23(12-16,14-35-20-7-6-17(13-28-20)24(25,26)27)31(21)22(34)18-4-2-3-5-19(18)32-29-10-11-30-32/h2-7,10-11,13,15-16,21,33H,8-9,12,14H2,1H3. The van der Waals surface area contributed by atoms with E-state index in [0.29, 0.717) is 24.1 Å². The van der Waals surface area contributed by atoms with Gasteiger partial charge in [0, 0.05) is 12.3 Å². The summed E-state index contributed by atoms with van der Waals surface area (Å²) in [7, 11) is 0. The minimum absolute atomic E-state index is 0.0462. The predicted octanol–water partition coefficient (Wildman–Crippen LogP) is 3.50. The molecule has 3 heterocycles. The number of fused-ring (bicyclic) bond motifs is 2. The van der Waals surface area contributed by atoms with Crippen LogP contribution in [0.2, 0.25) is 0 Å². The van der Waals surface area contributed by atoms with Crippen molar-refractivity contribution < 1.29 is 27.8 Å². The lowest BCUT2D eigenvalue weighted by Gasteiger charge is -2.44. The summed E-state index contributed by atoms with van der Waals surface area (Å²) in [4.78, 5) is 20.9. The highest BCUT2D eigenvalue weighted by Gasteiger charge is 2.60. The summed E-state index contributed by atoms with van der Waals surface area (Å²) in [5, 5.41) is 18.9. The van der Waals surface area contributed by atoms with Crippen LogP contribution in [0.4, 0.5) is 13.2 Å². The molecule has 2 aromatic heterocycles. The number of hydrogen-bond acceptors (Lipinski definition) is 6. The third-order valence-corrected chi connectivity index (χ3v) is 6.95. The Kier molecular flexibility index (Phi) is 5.74. The minimum Gasteiger partial charge on any atom is -0.475 e. The molecule has 1 saturated carbocycles. The van der Waals surface area contributed by atoms with Crippen molar-refractivity contribution in [3.63, 3.8) is 0 Å². The molecule has 4 atom stereocenters. The quantitative estimate of drug-likeness (QED) is 0.572. The highest BCUT2D eigenvalue weighted by atomic mass is 19.4. The van der Waals surface area contributed by atoms with Crippen molar-refractivity contribution in [1.82, 2.24) is 24.9 Å². The summed E-state index contributed by atoms with van der Waals surface area (Å²) in [5.41, 5.74) is -0.693. The largest absolute Gasteiger partial charge is 0.475 e. The monoisotopic (exact) mass is 487 g/mol. The van der Waals surface area contributed by atoms with E-state index < -0.39 is 29.4 Å². The number of hydrogen-bond donors (Lipinski definition) is 1. The van der Waals surface area contributed by atoms with E-state index >= 15 is 0 Å². The number of halogens is 3. The summed E-state index contributed by atoms with van der Waals surface area (Å²) in [6.07, 6.45) is 0.587. The molecule has 2 bridgehead atoms. The van der Waals surface area contributed by atoms with Crippen LogP contribution in [-0.4, -0.2) is 60.2 Å². The highest BCUT2D eigenvalue weighted by molar-refractivity contribution is 5.98. The Bertz CT molecular complexity index is 1200. The minimum atomic E-state index is -4.49. The van der Waals surface area contributed by atoms with Gasteiger partial charge < -0.3 is 14.7 Å². The zero-order valence-corrected chi connectivity index (χ0v) is 18.9. The van der Waals surface area contributed by atoms with E-state index in [1.54, 1.807) is 36.1 Å². The number of carbonyl (C=O) groups is 1. The number of nitrogens with zero attached hydrogens (tertiary/aromatic N) is 5. The fraction of sp³-hybridized carbons (Fsp3) is 0.417. The maximum absolute atomic E-state index is 14.0. The molecule has 8 nitrogen and oxygen atoms in total. The average Bonchev–Trinajstić information content (AvgIpc) is 3.58. The van der Waals surface area contributed by atoms with Crippen molar-refractivity contribution in [3.8, 4) is 11.6 Å². The molecule has 35 heavy (non-hydrogen) atoms. The van der Waals surface area contributed by atoms with Gasteiger partial charge in [0.05, 0.1) is 46.9 Å². The predicted molar refractivity (Wildman–Crippen MR) is 118 cm³/mol. The van der Waals surface area contributed by atoms with Crippen LogP contribution < -0.4 is 4.74 Å². The maximum Gasteiger partial charge on any atom is 0.417 e. The Labute approximate surface area is 199 Å². The number of pyridine rings is 1. The van der Waals surface area contributed by atoms with Gasteiger partial charge in [-0.1, -0.05) is 12.1 Å². The number of alkyl halides is 3. The van der Waals surface area contributed by atoms with Gasteiger partial charge in [0.15, 0.2) is 0 Å². The van der Waals surface area contributed by atoms with Gasteiger partial charge in [0.1, 0.15) is 6.61 Å². The molecular weight excluding hydrogens is 463 g/mol. The molecule has 0 spiro atoms. The summed E-state index contributed by atoms with van der Waals surface area (Å²) in [6, 6.07) is 8.65. The SMILES string of the molecule is CC(O)C1C2CCC(COc3ccc(C(F)(F)F)cn3)(C2)N1C(=O)c1ccccc1-n1nccn1. The van der Waals surface area contributed by atoms with Crippen molar-refractivity contribution in [2.75, 3.05) is 6.61 Å². The van der Waals surface area contributed by atoms with E-state index in [2.05, 4.69) is 15.2 Å². The Hall–Kier alpha value is -3.47. The van der Waals surface area contributed by atoms with Gasteiger partial charge in [-0.05, 0) is 50.3 Å². The number of amides is 1. The number of aliphatic hydroxyl groups is 1. The zero-order valence-electron chi connectivity index (χ0n) is 18.9. The molecule has 11 heteroatoms. The Morgan fingerprint density at radius 1 is 1.23 bits per heavy atom. The first-order valence-corrected chi connectivity index (χ1v) is 11.3. The molecule has 2 aliphatic rings. The Morgan fingerprint density at radius 3 is 2.63 bits per heavy atom. The average molecular weight is 487 g/mol. The first kappa shape index (κ1) is 23.3. The molecule has 1 N–H and O–H groups in total. The second-order valence-corrected chi connectivity index (χ2v) is 9.14. The first-order chi connectivity index (χ1) is 16.7. The van der Waals surface area contributed by atoms with Crippen LogP contribution in [0.5, 0.6) is 5.88 Å². The Morgan fingerprint density at radius 2 is 1.97 bits per heavy atom. The number of carbonyl (C=O) groups excluding carboxylic acids is 1. The van der Waals surface area contributed by atoms with Gasteiger partial charge in [0.25, 0.3) is 5.91 Å². The molecule has 1 aliphatic carbocycles. The smallest absolute Gasteiger partial charge is 0.417 e. The van der Waals surface area contributed by atoms with Crippen LogP contribution >= 0.6 is 0 Å². The van der Waals surface area contributed by atoms with Crippen molar-refractivity contribution in [2.24, 2.45) is 5.92 Å². The van der Waals surface area contributed by atoms with Gasteiger partial charge in [-0.3, -0.25) is 4.79 Å². The molecule has 184 valence electrons. The van der Waals surface area contributed by atoms with E-state index in [-0.39, 0.29) is 24.3 Å². The summed E-state index contributed by atoms with van der Waals surface area (Å²) in [5.74, 6) is -0.155. The maximum atomic E-state index is 14.0. The number of likely N-dealkylation sites (tertiary alicyclic amines) is 1. The van der Waals surface area contributed by atoms with Gasteiger partial charge in [-0.25, -0.2) is 4.98 Å². The lowest BCUT2D eigenvalue weighted by Crippen LogP contribution is -2.58. The molecule has 2 fully saturated rings. The van der Waals surface area contributed by atoms with Crippen LogP contribution in [0.1, 0.15) is 42.1 Å². The van der Waals surface area contributed by atoms with E-state index in [1.807, 2.05) is 0 Å². The van der Waals surface area contributed by atoms with E-state index in [9.17, 15) is 23.1 Å². The first-order valence-electron chi connectivity index (χ1n) is 11.3. The molecule has 1 saturated heterocycles. The summed E-state index contributed by atoms with van der Waals surface area (Å²) < 4.78 is 44.4. The van der Waals surface area contributed by atoms with E-state index in [4.69, 9.17) is 4.74 Å². The van der Waals surface area contributed by atoms with Gasteiger partial charge in [0.2, 0.25) is 5.88 Å². The topological polar surface area (TPSA) is 93.4 Å². The fourth-order valence-corrected chi connectivity index (χ4v) is 5.49. The number of aromatic nitrogens is 4. The number of para-hydroxylation sites is 1. The lowest BCUT2D eigenvalue weighted by molar-refractivity contribution is -0.137. The molecule has 3 aromatic rings. The van der Waals surface area contributed by atoms with Crippen molar-refractivity contribution in [3.05, 3.63) is 66.1 Å². The second kappa shape index (κ2) is 8.63. The number of piperidine rings is 1. The third kappa shape index (κ3) is 4.13. The fourth-order valence-electron chi connectivity index (χ4n) is 5.49. The van der Waals surface area contributed by atoms with E-state index in [1.165, 1.54) is 23.3 Å². The second-order valence-electron chi connectivity index (χ2n) is 9.14.